The van der Waals surface area contributed by atoms with Crippen molar-refractivity contribution in [1.29, 1.82) is 0 Å². The molecule has 0 aromatic carbocycles. The average Bonchev–Trinajstić information content (AvgIpc) is 2.39. The second-order valence-corrected chi connectivity index (χ2v) is 4.99. The van der Waals surface area contributed by atoms with Crippen LogP contribution in [0.3, 0.4) is 0 Å². The minimum absolute atomic E-state index is 0.00328. The first-order chi connectivity index (χ1) is 8.59. The van der Waals surface area contributed by atoms with Crippen LogP contribution in [-0.4, -0.2) is 49.0 Å². The Kier molecular flexibility index (Phi) is 6.60. The lowest BCUT2D eigenvalue weighted by molar-refractivity contribution is -0.121. The fourth-order valence-corrected chi connectivity index (χ4v) is 2.03. The van der Waals surface area contributed by atoms with Crippen LogP contribution in [0.5, 0.6) is 0 Å². The maximum absolute atomic E-state index is 11.7. The van der Waals surface area contributed by atoms with E-state index in [1.807, 2.05) is 13.8 Å². The number of rotatable bonds is 7. The van der Waals surface area contributed by atoms with Crippen LogP contribution in [-0.2, 0) is 9.53 Å². The van der Waals surface area contributed by atoms with Gasteiger partial charge in [-0.1, -0.05) is 13.8 Å². The highest BCUT2D eigenvalue weighted by Crippen LogP contribution is 2.12. The molecule has 0 aliphatic carbocycles. The van der Waals surface area contributed by atoms with E-state index in [9.17, 15) is 9.90 Å². The molecule has 5 nitrogen and oxygen atoms in total. The fraction of sp³-hybridized carbons (Fsp3) is 0.923. The van der Waals surface area contributed by atoms with Crippen LogP contribution in [0, 0.1) is 0 Å². The first kappa shape index (κ1) is 15.4. The van der Waals surface area contributed by atoms with Gasteiger partial charge in [0.1, 0.15) is 0 Å². The average molecular weight is 258 g/mol. The second kappa shape index (κ2) is 7.71. The summed E-state index contributed by atoms with van der Waals surface area (Å²) in [6.45, 7) is 6.08. The summed E-state index contributed by atoms with van der Waals surface area (Å²) in [5.74, 6) is -0.00328. The lowest BCUT2D eigenvalue weighted by Gasteiger charge is -2.26. The Morgan fingerprint density at radius 3 is 2.50 bits per heavy atom. The number of carbonyl (C=O) groups is 1. The SMILES string of the molecule is CCC(O)(CC)CNCC(=O)NC1CCOCC1. The standard InChI is InChI=1S/C13H26N2O3/c1-3-13(17,4-2)10-14-9-12(16)15-11-5-7-18-8-6-11/h11,14,17H,3-10H2,1-2H3,(H,15,16). The summed E-state index contributed by atoms with van der Waals surface area (Å²) >= 11 is 0. The molecule has 0 unspecified atom stereocenters. The van der Waals surface area contributed by atoms with Crippen LogP contribution < -0.4 is 10.6 Å². The Morgan fingerprint density at radius 1 is 1.33 bits per heavy atom. The summed E-state index contributed by atoms with van der Waals surface area (Å²) < 4.78 is 5.24. The van der Waals surface area contributed by atoms with Gasteiger partial charge in [0.15, 0.2) is 0 Å². The Hall–Kier alpha value is -0.650. The van der Waals surface area contributed by atoms with Gasteiger partial charge >= 0.3 is 0 Å². The van der Waals surface area contributed by atoms with E-state index in [0.29, 0.717) is 19.4 Å². The van der Waals surface area contributed by atoms with Crippen molar-refractivity contribution in [2.45, 2.75) is 51.2 Å². The van der Waals surface area contributed by atoms with Crippen LogP contribution in [0.1, 0.15) is 39.5 Å². The summed E-state index contributed by atoms with van der Waals surface area (Å²) in [5, 5.41) is 16.1. The molecule has 0 radical (unpaired) electrons. The largest absolute Gasteiger partial charge is 0.389 e. The molecule has 0 spiro atoms. The minimum Gasteiger partial charge on any atom is -0.389 e. The molecule has 0 atom stereocenters. The Morgan fingerprint density at radius 2 is 1.94 bits per heavy atom. The molecule has 1 aliphatic heterocycles. The van der Waals surface area contributed by atoms with Crippen LogP contribution in [0.2, 0.25) is 0 Å². The number of ether oxygens (including phenoxy) is 1. The van der Waals surface area contributed by atoms with E-state index in [4.69, 9.17) is 4.74 Å². The molecule has 1 fully saturated rings. The quantitative estimate of drug-likeness (QED) is 0.619. The summed E-state index contributed by atoms with van der Waals surface area (Å²) in [5.41, 5.74) is -0.695. The molecule has 5 heteroatoms. The highest BCUT2D eigenvalue weighted by atomic mass is 16.5. The number of amides is 1. The molecule has 18 heavy (non-hydrogen) atoms. The zero-order valence-electron chi connectivity index (χ0n) is 11.5. The van der Waals surface area contributed by atoms with Crippen LogP contribution in [0.25, 0.3) is 0 Å². The first-order valence-corrected chi connectivity index (χ1v) is 6.90. The summed E-state index contributed by atoms with van der Waals surface area (Å²) in [4.78, 5) is 11.7. The molecule has 1 rings (SSSR count). The zero-order chi connectivity index (χ0) is 13.4. The molecule has 106 valence electrons. The van der Waals surface area contributed by atoms with Crippen molar-refractivity contribution in [1.82, 2.24) is 10.6 Å². The number of nitrogens with one attached hydrogen (secondary N) is 2. The van der Waals surface area contributed by atoms with E-state index in [-0.39, 0.29) is 18.5 Å². The molecule has 1 saturated heterocycles. The fourth-order valence-electron chi connectivity index (χ4n) is 2.03. The second-order valence-electron chi connectivity index (χ2n) is 4.99. The normalized spacial score (nSPS) is 17.7. The van der Waals surface area contributed by atoms with E-state index in [1.165, 1.54) is 0 Å². The molecule has 1 aliphatic rings. The molecule has 0 bridgehead atoms. The highest BCUT2D eigenvalue weighted by Gasteiger charge is 2.22. The van der Waals surface area contributed by atoms with Gasteiger partial charge in [-0.25, -0.2) is 0 Å². The van der Waals surface area contributed by atoms with E-state index in [2.05, 4.69) is 10.6 Å². The van der Waals surface area contributed by atoms with Gasteiger partial charge in [-0.05, 0) is 25.7 Å². The third-order valence-electron chi connectivity index (χ3n) is 3.64. The molecule has 0 aromatic rings. The van der Waals surface area contributed by atoms with Gasteiger partial charge in [0, 0.05) is 25.8 Å². The van der Waals surface area contributed by atoms with Crippen molar-refractivity contribution in [3.05, 3.63) is 0 Å². The third-order valence-corrected chi connectivity index (χ3v) is 3.64. The Bertz CT molecular complexity index is 249. The van der Waals surface area contributed by atoms with Gasteiger partial charge in [0.05, 0.1) is 12.1 Å². The van der Waals surface area contributed by atoms with Gasteiger partial charge in [-0.3, -0.25) is 4.79 Å². The number of hydrogen-bond acceptors (Lipinski definition) is 4. The summed E-state index contributed by atoms with van der Waals surface area (Å²) in [6, 6.07) is 0.240. The monoisotopic (exact) mass is 258 g/mol. The molecule has 0 aromatic heterocycles. The van der Waals surface area contributed by atoms with Gasteiger partial charge < -0.3 is 20.5 Å². The molecular weight excluding hydrogens is 232 g/mol. The molecular formula is C13H26N2O3. The van der Waals surface area contributed by atoms with Crippen molar-refractivity contribution < 1.29 is 14.6 Å². The Labute approximate surface area is 109 Å². The van der Waals surface area contributed by atoms with E-state index in [0.717, 1.165) is 26.1 Å². The topological polar surface area (TPSA) is 70.6 Å². The van der Waals surface area contributed by atoms with Crippen molar-refractivity contribution in [3.63, 3.8) is 0 Å². The first-order valence-electron chi connectivity index (χ1n) is 6.90. The summed E-state index contributed by atoms with van der Waals surface area (Å²) in [7, 11) is 0. The van der Waals surface area contributed by atoms with Gasteiger partial charge in [0.2, 0.25) is 5.91 Å². The van der Waals surface area contributed by atoms with Crippen molar-refractivity contribution >= 4 is 5.91 Å². The maximum atomic E-state index is 11.7. The number of carbonyl (C=O) groups excluding carboxylic acids is 1. The number of aliphatic hydroxyl groups is 1. The van der Waals surface area contributed by atoms with Gasteiger partial charge in [-0.2, -0.15) is 0 Å². The van der Waals surface area contributed by atoms with E-state index < -0.39 is 5.60 Å². The van der Waals surface area contributed by atoms with Gasteiger partial charge in [0.25, 0.3) is 0 Å². The highest BCUT2D eigenvalue weighted by molar-refractivity contribution is 5.78. The Balaban J connectivity index is 2.16. The van der Waals surface area contributed by atoms with E-state index in [1.54, 1.807) is 0 Å². The summed E-state index contributed by atoms with van der Waals surface area (Å²) in [6.07, 6.45) is 3.16. The van der Waals surface area contributed by atoms with Crippen molar-refractivity contribution in [2.75, 3.05) is 26.3 Å². The number of hydrogen-bond donors (Lipinski definition) is 3. The van der Waals surface area contributed by atoms with Crippen molar-refractivity contribution in [2.24, 2.45) is 0 Å². The smallest absolute Gasteiger partial charge is 0.234 e. The van der Waals surface area contributed by atoms with Gasteiger partial charge in [-0.15, -0.1) is 0 Å². The predicted molar refractivity (Wildman–Crippen MR) is 70.4 cm³/mol. The van der Waals surface area contributed by atoms with Crippen LogP contribution in [0.15, 0.2) is 0 Å². The third kappa shape index (κ3) is 5.33. The van der Waals surface area contributed by atoms with E-state index >= 15 is 0 Å². The van der Waals surface area contributed by atoms with Crippen LogP contribution >= 0.6 is 0 Å². The molecule has 1 heterocycles. The minimum atomic E-state index is -0.695. The molecule has 0 saturated carbocycles. The predicted octanol–water partition coefficient (Wildman–Crippen LogP) is 0.422. The molecule has 3 N–H and O–H groups in total. The lowest BCUT2D eigenvalue weighted by atomic mass is 9.98. The van der Waals surface area contributed by atoms with Crippen LogP contribution in [0.4, 0.5) is 0 Å². The zero-order valence-corrected chi connectivity index (χ0v) is 11.5. The van der Waals surface area contributed by atoms with Crippen molar-refractivity contribution in [3.8, 4) is 0 Å². The maximum Gasteiger partial charge on any atom is 0.234 e. The molecule has 1 amide bonds. The lowest BCUT2D eigenvalue weighted by Crippen LogP contribution is -2.46.